The molecule has 0 aromatic carbocycles. The molecule has 4 rings (SSSR count). The van der Waals surface area contributed by atoms with Crippen LogP contribution in [0.3, 0.4) is 0 Å². The molecule has 4 unspecified atom stereocenters. The predicted octanol–water partition coefficient (Wildman–Crippen LogP) is 2.64. The van der Waals surface area contributed by atoms with Crippen molar-refractivity contribution in [3.63, 3.8) is 0 Å². The summed E-state index contributed by atoms with van der Waals surface area (Å²) >= 11 is 0. The summed E-state index contributed by atoms with van der Waals surface area (Å²) in [5.41, 5.74) is -2.61. The van der Waals surface area contributed by atoms with Crippen LogP contribution in [0.15, 0.2) is 0 Å². The fourth-order valence-electron chi connectivity index (χ4n) is 7.61. The van der Waals surface area contributed by atoms with E-state index in [4.69, 9.17) is 4.74 Å². The van der Waals surface area contributed by atoms with Crippen molar-refractivity contribution in [2.24, 2.45) is 34.5 Å². The van der Waals surface area contributed by atoms with E-state index in [0.29, 0.717) is 31.5 Å². The predicted molar refractivity (Wildman–Crippen MR) is 104 cm³/mol. The van der Waals surface area contributed by atoms with Crippen LogP contribution < -0.4 is 0 Å². The number of ether oxygens (including phenoxy) is 1. The normalized spacial score (nSPS) is 46.5. The van der Waals surface area contributed by atoms with Crippen molar-refractivity contribution in [3.05, 3.63) is 0 Å². The summed E-state index contributed by atoms with van der Waals surface area (Å²) in [7, 11) is 0. The van der Waals surface area contributed by atoms with Gasteiger partial charge in [-0.25, -0.2) is 0 Å². The first-order valence-corrected chi connectivity index (χ1v) is 11.0. The van der Waals surface area contributed by atoms with E-state index in [0.717, 1.165) is 19.3 Å². The lowest BCUT2D eigenvalue weighted by Crippen LogP contribution is -2.62. The monoisotopic (exact) mass is 404 g/mol. The topological polar surface area (TPSA) is 97.7 Å². The summed E-state index contributed by atoms with van der Waals surface area (Å²) in [5.74, 6) is -0.187. The number of carbonyl (C=O) groups is 4. The molecule has 1 N–H and O–H groups in total. The number of hydrogen-bond donors (Lipinski definition) is 1. The third kappa shape index (κ3) is 2.85. The Morgan fingerprint density at radius 2 is 1.86 bits per heavy atom. The van der Waals surface area contributed by atoms with Crippen LogP contribution in [0.2, 0.25) is 0 Å². The molecule has 0 heterocycles. The smallest absolute Gasteiger partial charge is 0.303 e. The lowest BCUT2D eigenvalue weighted by molar-refractivity contribution is -0.180. The van der Waals surface area contributed by atoms with Crippen molar-refractivity contribution in [1.82, 2.24) is 0 Å². The van der Waals surface area contributed by atoms with Gasteiger partial charge in [0.15, 0.2) is 6.61 Å². The summed E-state index contributed by atoms with van der Waals surface area (Å²) in [6, 6.07) is 0. The second-order valence-corrected chi connectivity index (χ2v) is 10.4. The lowest BCUT2D eigenvalue weighted by Gasteiger charge is -2.59. The maximum Gasteiger partial charge on any atom is 0.303 e. The van der Waals surface area contributed by atoms with Crippen LogP contribution in [0.25, 0.3) is 0 Å². The number of carbonyl (C=O) groups excluding carboxylic acids is 4. The van der Waals surface area contributed by atoms with Crippen molar-refractivity contribution in [3.8, 4) is 0 Å². The molecule has 6 heteroatoms. The van der Waals surface area contributed by atoms with E-state index in [1.807, 2.05) is 6.92 Å². The largest absolute Gasteiger partial charge is 0.458 e. The fourth-order valence-corrected chi connectivity index (χ4v) is 7.61. The minimum atomic E-state index is -1.63. The van der Waals surface area contributed by atoms with Gasteiger partial charge in [-0.1, -0.05) is 13.8 Å². The van der Waals surface area contributed by atoms with E-state index in [1.165, 1.54) is 6.92 Å². The summed E-state index contributed by atoms with van der Waals surface area (Å²) in [5, 5.41) is 11.4. The second kappa shape index (κ2) is 6.73. The first-order valence-electron chi connectivity index (χ1n) is 11.0. The Hall–Kier alpha value is -1.56. The Labute approximate surface area is 171 Å². The summed E-state index contributed by atoms with van der Waals surface area (Å²) in [4.78, 5) is 49.5. The Morgan fingerprint density at radius 3 is 2.55 bits per heavy atom. The zero-order valence-corrected chi connectivity index (χ0v) is 17.7. The van der Waals surface area contributed by atoms with Gasteiger partial charge in [0.2, 0.25) is 5.78 Å². The van der Waals surface area contributed by atoms with Crippen LogP contribution in [0.5, 0.6) is 0 Å². The second-order valence-electron chi connectivity index (χ2n) is 10.4. The molecule has 4 aliphatic carbocycles. The van der Waals surface area contributed by atoms with Crippen LogP contribution in [-0.2, 0) is 23.9 Å². The zero-order valence-electron chi connectivity index (χ0n) is 17.7. The van der Waals surface area contributed by atoms with Gasteiger partial charge >= 0.3 is 5.97 Å². The van der Waals surface area contributed by atoms with Crippen LogP contribution in [0, 0.1) is 34.5 Å². The minimum absolute atomic E-state index is 0.0849. The number of ketones is 3. The Morgan fingerprint density at radius 1 is 1.14 bits per heavy atom. The Kier molecular flexibility index (Phi) is 4.80. The molecule has 4 fully saturated rings. The quantitative estimate of drug-likeness (QED) is 0.726. The fraction of sp³-hybridized carbons (Fsp3) is 0.826. The molecule has 6 nitrogen and oxygen atoms in total. The van der Waals surface area contributed by atoms with E-state index in [2.05, 4.69) is 6.92 Å². The highest BCUT2D eigenvalue weighted by Gasteiger charge is 2.69. The molecule has 0 aromatic rings. The first kappa shape index (κ1) is 20.7. The van der Waals surface area contributed by atoms with Gasteiger partial charge in [0.1, 0.15) is 17.2 Å². The zero-order chi connectivity index (χ0) is 21.2. The third-order valence-corrected chi connectivity index (χ3v) is 9.19. The van der Waals surface area contributed by atoms with Crippen LogP contribution >= 0.6 is 0 Å². The highest BCUT2D eigenvalue weighted by atomic mass is 16.5. The van der Waals surface area contributed by atoms with Gasteiger partial charge in [0.05, 0.1) is 0 Å². The van der Waals surface area contributed by atoms with Gasteiger partial charge in [-0.2, -0.15) is 0 Å². The van der Waals surface area contributed by atoms with Gasteiger partial charge in [-0.3, -0.25) is 19.2 Å². The number of aliphatic hydroxyl groups is 1. The van der Waals surface area contributed by atoms with E-state index in [9.17, 15) is 24.3 Å². The van der Waals surface area contributed by atoms with E-state index in [-0.39, 0.29) is 41.3 Å². The van der Waals surface area contributed by atoms with Crippen LogP contribution in [0.1, 0.15) is 72.1 Å². The molecule has 29 heavy (non-hydrogen) atoms. The number of hydrogen-bond acceptors (Lipinski definition) is 6. The van der Waals surface area contributed by atoms with Crippen molar-refractivity contribution >= 4 is 23.3 Å². The van der Waals surface area contributed by atoms with E-state index >= 15 is 0 Å². The van der Waals surface area contributed by atoms with Crippen molar-refractivity contribution < 1.29 is 29.0 Å². The molecule has 0 saturated heterocycles. The standard InChI is InChI=1S/C23H32O6/c1-13(24)29-12-19(27)23(28)9-7-17-16-5-4-14-10-15(25)6-8-21(14,2)20(16)18(26)11-22(17,23)3/h14,16-17,20,28H,4-12H2,1-3H3/t14?,16?,17?,20?,21-,22-,23+/m0/s1. The van der Waals surface area contributed by atoms with Crippen LogP contribution in [0.4, 0.5) is 0 Å². The van der Waals surface area contributed by atoms with Crippen molar-refractivity contribution in [1.29, 1.82) is 0 Å². The SMILES string of the molecule is CC(=O)OCC(=O)[C@]1(O)CCC2C3CCC4CC(=O)CC[C@]4(C)C3C(=O)C[C@@]21C. The summed E-state index contributed by atoms with van der Waals surface area (Å²) in [6.45, 7) is 4.86. The molecular weight excluding hydrogens is 372 g/mol. The number of esters is 1. The number of fused-ring (bicyclic) bond motifs is 5. The van der Waals surface area contributed by atoms with Crippen molar-refractivity contribution in [2.45, 2.75) is 77.7 Å². The molecule has 0 bridgehead atoms. The molecule has 0 radical (unpaired) electrons. The van der Waals surface area contributed by atoms with Gasteiger partial charge < -0.3 is 9.84 Å². The lowest BCUT2D eigenvalue weighted by atomic mass is 9.44. The van der Waals surface area contributed by atoms with E-state index in [1.54, 1.807) is 0 Å². The van der Waals surface area contributed by atoms with Gasteiger partial charge in [-0.05, 0) is 55.3 Å². The molecular formula is C23H32O6. The average Bonchev–Trinajstić information content (AvgIpc) is 2.91. The Bertz CT molecular complexity index is 773. The molecule has 4 aliphatic rings. The average molecular weight is 405 g/mol. The maximum absolute atomic E-state index is 13.5. The third-order valence-electron chi connectivity index (χ3n) is 9.19. The summed E-state index contributed by atoms with van der Waals surface area (Å²) < 4.78 is 4.87. The molecule has 0 amide bonds. The molecule has 0 aliphatic heterocycles. The molecule has 4 saturated carbocycles. The highest BCUT2D eigenvalue weighted by Crippen LogP contribution is 2.67. The number of Topliss-reactive ketones (excluding diaryl/α,β-unsaturated/α-hetero) is 3. The molecule has 7 atom stereocenters. The molecule has 0 aromatic heterocycles. The first-order chi connectivity index (χ1) is 13.5. The van der Waals surface area contributed by atoms with Gasteiger partial charge in [0.25, 0.3) is 0 Å². The van der Waals surface area contributed by atoms with Gasteiger partial charge in [0, 0.05) is 37.5 Å². The van der Waals surface area contributed by atoms with Crippen molar-refractivity contribution in [2.75, 3.05) is 6.61 Å². The maximum atomic E-state index is 13.5. The summed E-state index contributed by atoms with van der Waals surface area (Å²) in [6.07, 6.45) is 4.90. The molecule has 0 spiro atoms. The highest BCUT2D eigenvalue weighted by molar-refractivity contribution is 5.93. The number of rotatable bonds is 3. The molecule has 160 valence electrons. The van der Waals surface area contributed by atoms with Gasteiger partial charge in [-0.15, -0.1) is 0 Å². The minimum Gasteiger partial charge on any atom is -0.458 e. The Balaban J connectivity index is 1.64. The van der Waals surface area contributed by atoms with E-state index < -0.39 is 29.4 Å². The van der Waals surface area contributed by atoms with Crippen LogP contribution in [-0.4, -0.2) is 40.6 Å².